The third kappa shape index (κ3) is 3.97. The molecule has 128 valence electrons. The summed E-state index contributed by atoms with van der Waals surface area (Å²) in [4.78, 5) is 16.7. The number of hydrogen-bond acceptors (Lipinski definition) is 4. The van der Waals surface area contributed by atoms with Crippen LogP contribution in [0.2, 0.25) is 0 Å². The minimum Gasteiger partial charge on any atom is -0.353 e. The highest BCUT2D eigenvalue weighted by molar-refractivity contribution is 6.06. The van der Waals surface area contributed by atoms with Crippen molar-refractivity contribution in [3.05, 3.63) is 65.6 Å². The minimum absolute atomic E-state index is 0.0929. The molecular formula is C17H15F2N5O. The van der Waals surface area contributed by atoms with Gasteiger partial charge in [0, 0.05) is 36.8 Å². The molecule has 0 spiro atoms. The summed E-state index contributed by atoms with van der Waals surface area (Å²) in [6.07, 6.45) is 1.69. The number of benzene rings is 1. The van der Waals surface area contributed by atoms with Gasteiger partial charge in [-0.15, -0.1) is 0 Å². The molecule has 0 bridgehead atoms. The van der Waals surface area contributed by atoms with Crippen molar-refractivity contribution in [2.24, 2.45) is 7.05 Å². The number of nitrogens with one attached hydrogen (secondary N) is 2. The van der Waals surface area contributed by atoms with Crippen molar-refractivity contribution in [2.75, 3.05) is 10.6 Å². The predicted molar refractivity (Wildman–Crippen MR) is 89.8 cm³/mol. The second-order valence-corrected chi connectivity index (χ2v) is 5.46. The summed E-state index contributed by atoms with van der Waals surface area (Å²) in [5, 5.41) is 9.53. The number of aryl methyl sites for hydroxylation is 2. The molecule has 0 aliphatic rings. The first kappa shape index (κ1) is 16.6. The second-order valence-electron chi connectivity index (χ2n) is 5.46. The van der Waals surface area contributed by atoms with Crippen LogP contribution in [-0.2, 0) is 7.05 Å². The number of carbonyl (C=O) groups excluding carboxylic acids is 1. The van der Waals surface area contributed by atoms with Gasteiger partial charge in [-0.3, -0.25) is 9.48 Å². The van der Waals surface area contributed by atoms with Gasteiger partial charge in [0.15, 0.2) is 11.5 Å². The Morgan fingerprint density at radius 2 is 1.84 bits per heavy atom. The molecule has 0 aliphatic carbocycles. The molecule has 2 aromatic heterocycles. The molecule has 1 aromatic carbocycles. The van der Waals surface area contributed by atoms with Crippen LogP contribution in [0, 0.1) is 18.6 Å². The lowest BCUT2D eigenvalue weighted by Gasteiger charge is -2.12. The number of rotatable bonds is 4. The molecule has 0 saturated heterocycles. The van der Waals surface area contributed by atoms with Gasteiger partial charge in [0.05, 0.1) is 5.69 Å². The molecule has 25 heavy (non-hydrogen) atoms. The van der Waals surface area contributed by atoms with Gasteiger partial charge in [-0.1, -0.05) is 0 Å². The molecule has 3 rings (SSSR count). The van der Waals surface area contributed by atoms with E-state index in [1.807, 2.05) is 0 Å². The molecule has 0 fully saturated rings. The molecule has 0 saturated carbocycles. The Kier molecular flexibility index (Phi) is 4.42. The number of anilines is 3. The summed E-state index contributed by atoms with van der Waals surface area (Å²) in [5.41, 5.74) is 1.22. The smallest absolute Gasteiger partial charge is 0.277 e. The normalized spacial score (nSPS) is 10.6. The maximum atomic E-state index is 13.4. The van der Waals surface area contributed by atoms with Crippen LogP contribution in [0.3, 0.4) is 0 Å². The molecule has 0 aliphatic heterocycles. The highest BCUT2D eigenvalue weighted by atomic mass is 19.1. The van der Waals surface area contributed by atoms with E-state index >= 15 is 0 Å². The fourth-order valence-corrected chi connectivity index (χ4v) is 2.27. The van der Waals surface area contributed by atoms with Crippen molar-refractivity contribution in [1.82, 2.24) is 14.8 Å². The standard InChI is InChI=1S/C17H15F2N5O/c1-10-3-4-14(21-13-8-11(18)7-12(19)9-13)16(20-10)17(25)22-15-5-6-24(2)23-15/h3-9,21H,1-2H3,(H,22,23,25). The average Bonchev–Trinajstić information content (AvgIpc) is 2.93. The van der Waals surface area contributed by atoms with Crippen molar-refractivity contribution in [3.63, 3.8) is 0 Å². The van der Waals surface area contributed by atoms with Crippen molar-refractivity contribution in [2.45, 2.75) is 6.92 Å². The Balaban J connectivity index is 1.90. The monoisotopic (exact) mass is 343 g/mol. The molecule has 8 heteroatoms. The van der Waals surface area contributed by atoms with Crippen molar-refractivity contribution in [1.29, 1.82) is 0 Å². The van der Waals surface area contributed by atoms with E-state index in [0.717, 1.165) is 18.2 Å². The summed E-state index contributed by atoms with van der Waals surface area (Å²) in [5.74, 6) is -1.55. The molecule has 2 heterocycles. The summed E-state index contributed by atoms with van der Waals surface area (Å²) < 4.78 is 28.3. The van der Waals surface area contributed by atoms with Crippen molar-refractivity contribution in [3.8, 4) is 0 Å². The van der Waals surface area contributed by atoms with Gasteiger partial charge < -0.3 is 10.6 Å². The number of hydrogen-bond donors (Lipinski definition) is 2. The number of nitrogens with zero attached hydrogens (tertiary/aromatic N) is 3. The van der Waals surface area contributed by atoms with Gasteiger partial charge >= 0.3 is 0 Å². The molecule has 0 atom stereocenters. The van der Waals surface area contributed by atoms with Gasteiger partial charge in [-0.2, -0.15) is 5.10 Å². The van der Waals surface area contributed by atoms with Crippen LogP contribution in [0.4, 0.5) is 26.0 Å². The maximum Gasteiger partial charge on any atom is 0.277 e. The van der Waals surface area contributed by atoms with Crippen LogP contribution in [0.25, 0.3) is 0 Å². The molecular weight excluding hydrogens is 328 g/mol. The molecule has 1 amide bonds. The van der Waals surface area contributed by atoms with Gasteiger partial charge in [-0.05, 0) is 31.2 Å². The summed E-state index contributed by atoms with van der Waals surface area (Å²) >= 11 is 0. The molecule has 3 aromatic rings. The fourth-order valence-electron chi connectivity index (χ4n) is 2.27. The third-order valence-electron chi connectivity index (χ3n) is 3.35. The first-order chi connectivity index (χ1) is 11.9. The van der Waals surface area contributed by atoms with Crippen LogP contribution in [0.5, 0.6) is 0 Å². The lowest BCUT2D eigenvalue weighted by Crippen LogP contribution is -2.17. The zero-order valence-corrected chi connectivity index (χ0v) is 13.5. The Bertz CT molecular complexity index is 918. The SMILES string of the molecule is Cc1ccc(Nc2cc(F)cc(F)c2)c(C(=O)Nc2ccn(C)n2)n1. The van der Waals surface area contributed by atoms with E-state index in [2.05, 4.69) is 20.7 Å². The third-order valence-corrected chi connectivity index (χ3v) is 3.35. The van der Waals surface area contributed by atoms with Gasteiger partial charge in [-0.25, -0.2) is 13.8 Å². The number of halogens is 2. The summed E-state index contributed by atoms with van der Waals surface area (Å²) in [7, 11) is 1.73. The lowest BCUT2D eigenvalue weighted by molar-refractivity contribution is 0.102. The van der Waals surface area contributed by atoms with Gasteiger partial charge in [0.1, 0.15) is 11.6 Å². The van der Waals surface area contributed by atoms with E-state index in [-0.39, 0.29) is 11.4 Å². The molecule has 0 radical (unpaired) electrons. The van der Waals surface area contributed by atoms with Crippen LogP contribution >= 0.6 is 0 Å². The van der Waals surface area contributed by atoms with E-state index in [1.54, 1.807) is 43.0 Å². The number of amides is 1. The first-order valence-corrected chi connectivity index (χ1v) is 7.42. The quantitative estimate of drug-likeness (QED) is 0.762. The lowest BCUT2D eigenvalue weighted by atomic mass is 10.2. The minimum atomic E-state index is -0.720. The van der Waals surface area contributed by atoms with E-state index in [4.69, 9.17) is 0 Å². The molecule has 0 unspecified atom stereocenters. The number of pyridine rings is 1. The zero-order chi connectivity index (χ0) is 18.0. The average molecular weight is 343 g/mol. The topological polar surface area (TPSA) is 71.8 Å². The first-order valence-electron chi connectivity index (χ1n) is 7.42. The largest absolute Gasteiger partial charge is 0.353 e. The fraction of sp³-hybridized carbons (Fsp3) is 0.118. The summed E-state index contributed by atoms with van der Waals surface area (Å²) in [6.45, 7) is 1.74. The van der Waals surface area contributed by atoms with Crippen LogP contribution in [0.1, 0.15) is 16.2 Å². The Morgan fingerprint density at radius 3 is 2.48 bits per heavy atom. The van der Waals surface area contributed by atoms with E-state index in [1.165, 1.54) is 0 Å². The van der Waals surface area contributed by atoms with Crippen LogP contribution in [0.15, 0.2) is 42.6 Å². The predicted octanol–water partition coefficient (Wildman–Crippen LogP) is 3.40. The van der Waals surface area contributed by atoms with Gasteiger partial charge in [0.25, 0.3) is 5.91 Å². The highest BCUT2D eigenvalue weighted by Crippen LogP contribution is 2.22. The van der Waals surface area contributed by atoms with Crippen molar-refractivity contribution >= 4 is 23.1 Å². The number of carbonyl (C=O) groups is 1. The molecule has 6 nitrogen and oxygen atoms in total. The van der Waals surface area contributed by atoms with Gasteiger partial charge in [0.2, 0.25) is 0 Å². The Hall–Kier alpha value is -3.29. The van der Waals surface area contributed by atoms with E-state index in [9.17, 15) is 13.6 Å². The number of aromatic nitrogens is 3. The van der Waals surface area contributed by atoms with Crippen molar-refractivity contribution < 1.29 is 13.6 Å². The zero-order valence-electron chi connectivity index (χ0n) is 13.5. The van der Waals surface area contributed by atoms with Crippen LogP contribution in [-0.4, -0.2) is 20.7 Å². The van der Waals surface area contributed by atoms with E-state index in [0.29, 0.717) is 17.2 Å². The second kappa shape index (κ2) is 6.68. The van der Waals surface area contributed by atoms with E-state index < -0.39 is 17.5 Å². The Labute approximate surface area is 142 Å². The molecule has 2 N–H and O–H groups in total. The Morgan fingerprint density at radius 1 is 1.12 bits per heavy atom. The van der Waals surface area contributed by atoms with Crippen LogP contribution < -0.4 is 10.6 Å². The maximum absolute atomic E-state index is 13.4. The highest BCUT2D eigenvalue weighted by Gasteiger charge is 2.16. The summed E-state index contributed by atoms with van der Waals surface area (Å²) in [6, 6.07) is 7.98.